The molecule has 0 saturated carbocycles. The highest BCUT2D eigenvalue weighted by Crippen LogP contribution is 2.12. The number of nitrogens with one attached hydrogen (secondary N) is 2. The summed E-state index contributed by atoms with van der Waals surface area (Å²) in [5.41, 5.74) is 0.870. The molecule has 0 unspecified atom stereocenters. The summed E-state index contributed by atoms with van der Waals surface area (Å²) in [6.45, 7) is 0.150. The fraction of sp³-hybridized carbons (Fsp3) is 0.417. The molecule has 7 heteroatoms. The Bertz CT molecular complexity index is 557. The molecule has 1 heterocycles. The minimum Gasteiger partial charge on any atom is -0.376 e. The first-order chi connectivity index (χ1) is 8.94. The van der Waals surface area contributed by atoms with E-state index < -0.39 is 9.84 Å². The van der Waals surface area contributed by atoms with E-state index in [2.05, 4.69) is 33.2 Å². The van der Waals surface area contributed by atoms with Gasteiger partial charge in [-0.05, 0) is 53.3 Å². The van der Waals surface area contributed by atoms with Gasteiger partial charge in [-0.2, -0.15) is 0 Å². The molecule has 2 rings (SSSR count). The zero-order chi connectivity index (χ0) is 13.9. The number of carbonyl (C=O) groups excluding carboxylic acids is 1. The van der Waals surface area contributed by atoms with Crippen LogP contribution < -0.4 is 10.6 Å². The summed E-state index contributed by atoms with van der Waals surface area (Å²) in [7, 11) is -2.95. The zero-order valence-electron chi connectivity index (χ0n) is 10.2. The minimum atomic E-state index is -2.95. The molecule has 5 nitrogen and oxygen atoms in total. The van der Waals surface area contributed by atoms with Gasteiger partial charge in [0.25, 0.3) is 0 Å². The van der Waals surface area contributed by atoms with Crippen molar-refractivity contribution in [2.45, 2.75) is 12.5 Å². The summed E-state index contributed by atoms with van der Waals surface area (Å²) in [5.74, 6) is 0.0470. The number of sulfone groups is 1. The van der Waals surface area contributed by atoms with Crippen molar-refractivity contribution in [3.8, 4) is 0 Å². The summed E-state index contributed by atoms with van der Waals surface area (Å²) >= 11 is 2.21. The Morgan fingerprint density at radius 1 is 1.32 bits per heavy atom. The molecule has 2 N–H and O–H groups in total. The first kappa shape index (κ1) is 14.6. The van der Waals surface area contributed by atoms with Gasteiger partial charge in [0.1, 0.15) is 0 Å². The molecule has 1 saturated heterocycles. The van der Waals surface area contributed by atoms with Crippen molar-refractivity contribution in [1.29, 1.82) is 0 Å². The zero-order valence-corrected chi connectivity index (χ0v) is 13.2. The molecule has 1 aliphatic heterocycles. The molecule has 1 atom stereocenters. The molecule has 1 amide bonds. The number of carbonyl (C=O) groups is 1. The molecular formula is C12H15IN2O3S. The molecule has 0 aromatic heterocycles. The van der Waals surface area contributed by atoms with Crippen LogP contribution in [0.5, 0.6) is 0 Å². The third-order valence-electron chi connectivity index (χ3n) is 2.89. The van der Waals surface area contributed by atoms with Crippen LogP contribution in [0.4, 0.5) is 5.69 Å². The van der Waals surface area contributed by atoms with Crippen LogP contribution in [0.25, 0.3) is 0 Å². The van der Waals surface area contributed by atoms with E-state index in [9.17, 15) is 13.2 Å². The summed E-state index contributed by atoms with van der Waals surface area (Å²) < 4.78 is 23.7. The van der Waals surface area contributed by atoms with Crippen molar-refractivity contribution in [2.75, 3.05) is 23.4 Å². The van der Waals surface area contributed by atoms with E-state index in [0.717, 1.165) is 9.26 Å². The predicted molar refractivity (Wildman–Crippen MR) is 82.9 cm³/mol. The topological polar surface area (TPSA) is 75.3 Å². The Hall–Kier alpha value is -0.830. The van der Waals surface area contributed by atoms with E-state index >= 15 is 0 Å². The van der Waals surface area contributed by atoms with Crippen LogP contribution in [0.1, 0.15) is 6.42 Å². The Labute approximate surface area is 126 Å². The van der Waals surface area contributed by atoms with Gasteiger partial charge in [0.2, 0.25) is 5.91 Å². The number of halogens is 1. The monoisotopic (exact) mass is 394 g/mol. The van der Waals surface area contributed by atoms with E-state index in [1.165, 1.54) is 0 Å². The predicted octanol–water partition coefficient (Wildman–Crippen LogP) is 1.01. The maximum atomic E-state index is 11.7. The molecule has 1 aromatic carbocycles. The third-order valence-corrected chi connectivity index (χ3v) is 5.38. The first-order valence-corrected chi connectivity index (χ1v) is 8.84. The van der Waals surface area contributed by atoms with Gasteiger partial charge in [-0.1, -0.05) is 0 Å². The van der Waals surface area contributed by atoms with Crippen molar-refractivity contribution in [3.63, 3.8) is 0 Å². The van der Waals surface area contributed by atoms with Crippen LogP contribution in [-0.4, -0.2) is 38.4 Å². The lowest BCUT2D eigenvalue weighted by Gasteiger charge is -2.12. The summed E-state index contributed by atoms with van der Waals surface area (Å²) in [4.78, 5) is 11.7. The molecule has 0 radical (unpaired) electrons. The molecule has 104 valence electrons. The molecule has 0 aliphatic carbocycles. The fourth-order valence-corrected chi connectivity index (χ4v) is 3.97. The number of benzene rings is 1. The molecule has 19 heavy (non-hydrogen) atoms. The van der Waals surface area contributed by atoms with Crippen molar-refractivity contribution in [2.24, 2.45) is 0 Å². The Morgan fingerprint density at radius 2 is 2.00 bits per heavy atom. The van der Waals surface area contributed by atoms with Gasteiger partial charge in [-0.25, -0.2) is 8.42 Å². The van der Waals surface area contributed by atoms with E-state index in [4.69, 9.17) is 0 Å². The molecule has 0 spiro atoms. The van der Waals surface area contributed by atoms with Crippen LogP contribution >= 0.6 is 22.6 Å². The first-order valence-electron chi connectivity index (χ1n) is 5.94. The van der Waals surface area contributed by atoms with Gasteiger partial charge < -0.3 is 10.6 Å². The smallest absolute Gasteiger partial charge is 0.239 e. The SMILES string of the molecule is O=C(CNc1ccc(I)cc1)N[C@@H]1CCS(=O)(=O)C1. The molecule has 1 aliphatic rings. The molecular weight excluding hydrogens is 379 g/mol. The standard InChI is InChI=1S/C12H15IN2O3S/c13-9-1-3-10(4-2-9)14-7-12(16)15-11-5-6-19(17,18)8-11/h1-4,11,14H,5-8H2,(H,15,16)/t11-/m1/s1. The Kier molecular flexibility index (Phi) is 4.67. The molecule has 0 bridgehead atoms. The minimum absolute atomic E-state index is 0.0578. The second-order valence-corrected chi connectivity index (χ2v) is 8.00. The van der Waals surface area contributed by atoms with Crippen molar-refractivity contribution in [1.82, 2.24) is 5.32 Å². The second-order valence-electron chi connectivity index (χ2n) is 4.53. The lowest BCUT2D eigenvalue weighted by Crippen LogP contribution is -2.39. The van der Waals surface area contributed by atoms with Crippen LogP contribution in [0.15, 0.2) is 24.3 Å². The summed E-state index contributed by atoms with van der Waals surface area (Å²) in [6, 6.07) is 7.45. The van der Waals surface area contributed by atoms with E-state index in [1.807, 2.05) is 24.3 Å². The summed E-state index contributed by atoms with van der Waals surface area (Å²) in [5, 5.41) is 5.74. The Morgan fingerprint density at radius 3 is 2.58 bits per heavy atom. The van der Waals surface area contributed by atoms with Crippen LogP contribution in [0.2, 0.25) is 0 Å². The highest BCUT2D eigenvalue weighted by atomic mass is 127. The highest BCUT2D eigenvalue weighted by Gasteiger charge is 2.28. The van der Waals surface area contributed by atoms with Gasteiger partial charge in [0.05, 0.1) is 18.1 Å². The van der Waals surface area contributed by atoms with Crippen molar-refractivity contribution in [3.05, 3.63) is 27.8 Å². The number of hydrogen-bond acceptors (Lipinski definition) is 4. The van der Waals surface area contributed by atoms with Crippen molar-refractivity contribution >= 4 is 44.0 Å². The van der Waals surface area contributed by atoms with Crippen LogP contribution in [0.3, 0.4) is 0 Å². The van der Waals surface area contributed by atoms with E-state index in [0.29, 0.717) is 6.42 Å². The largest absolute Gasteiger partial charge is 0.376 e. The lowest BCUT2D eigenvalue weighted by atomic mass is 10.2. The van der Waals surface area contributed by atoms with E-state index in [1.54, 1.807) is 0 Å². The van der Waals surface area contributed by atoms with Gasteiger partial charge >= 0.3 is 0 Å². The average Bonchev–Trinajstić information content (AvgIpc) is 2.68. The highest BCUT2D eigenvalue weighted by molar-refractivity contribution is 14.1. The number of hydrogen-bond donors (Lipinski definition) is 2. The number of rotatable bonds is 4. The maximum absolute atomic E-state index is 11.7. The number of amides is 1. The van der Waals surface area contributed by atoms with Gasteiger partial charge in [-0.3, -0.25) is 4.79 Å². The third kappa shape index (κ3) is 4.64. The average molecular weight is 394 g/mol. The van der Waals surface area contributed by atoms with Gasteiger partial charge in [0.15, 0.2) is 9.84 Å². The molecule has 1 fully saturated rings. The fourth-order valence-electron chi connectivity index (χ4n) is 1.94. The van der Waals surface area contributed by atoms with Crippen LogP contribution in [0, 0.1) is 3.57 Å². The normalized spacial score (nSPS) is 21.0. The van der Waals surface area contributed by atoms with Crippen LogP contribution in [-0.2, 0) is 14.6 Å². The number of anilines is 1. The molecule has 1 aromatic rings. The Balaban J connectivity index is 1.77. The van der Waals surface area contributed by atoms with Crippen molar-refractivity contribution < 1.29 is 13.2 Å². The lowest BCUT2D eigenvalue weighted by molar-refractivity contribution is -0.119. The van der Waals surface area contributed by atoms with E-state index in [-0.39, 0.29) is 30.0 Å². The quantitative estimate of drug-likeness (QED) is 0.748. The van der Waals surface area contributed by atoms with Gasteiger partial charge in [-0.15, -0.1) is 0 Å². The maximum Gasteiger partial charge on any atom is 0.239 e. The van der Waals surface area contributed by atoms with Gasteiger partial charge in [0, 0.05) is 15.3 Å². The second kappa shape index (κ2) is 6.08. The summed E-state index contributed by atoms with van der Waals surface area (Å²) in [6.07, 6.45) is 0.512.